The van der Waals surface area contributed by atoms with Gasteiger partial charge in [-0.15, -0.1) is 0 Å². The largest absolute Gasteiger partial charge is 0.377 e. The average molecular weight is 304 g/mol. The van der Waals surface area contributed by atoms with Crippen molar-refractivity contribution < 1.29 is 9.13 Å². The van der Waals surface area contributed by atoms with Crippen LogP contribution in [0.25, 0.3) is 0 Å². The number of hydrogen-bond acceptors (Lipinski definition) is 2. The van der Waals surface area contributed by atoms with Crippen LogP contribution in [0.5, 0.6) is 0 Å². The molecule has 0 fully saturated rings. The van der Waals surface area contributed by atoms with Crippen LogP contribution < -0.4 is 0 Å². The minimum atomic E-state index is -0.216. The Morgan fingerprint density at radius 1 is 1.41 bits per heavy atom. The van der Waals surface area contributed by atoms with E-state index in [1.807, 2.05) is 20.9 Å². The van der Waals surface area contributed by atoms with Crippen molar-refractivity contribution in [3.8, 4) is 0 Å². The number of hydrogen-bond donors (Lipinski definition) is 0. The first-order chi connectivity index (χ1) is 7.99. The average Bonchev–Trinajstić information content (AvgIpc) is 2.21. The van der Waals surface area contributed by atoms with Gasteiger partial charge in [-0.1, -0.05) is 22.0 Å². The standard InChI is InChI=1S/C13H19BrFNO/c1-10(2)17-7-6-16(3)9-11-4-5-12(15)8-13(11)14/h4-5,8,10H,6-7,9H2,1-3H3. The van der Waals surface area contributed by atoms with Crippen molar-refractivity contribution in [2.45, 2.75) is 26.5 Å². The van der Waals surface area contributed by atoms with Crippen molar-refractivity contribution in [3.63, 3.8) is 0 Å². The van der Waals surface area contributed by atoms with Gasteiger partial charge in [-0.3, -0.25) is 4.90 Å². The first kappa shape index (κ1) is 14.6. The summed E-state index contributed by atoms with van der Waals surface area (Å²) in [7, 11) is 2.03. The van der Waals surface area contributed by atoms with Crippen LogP contribution in [-0.4, -0.2) is 31.2 Å². The topological polar surface area (TPSA) is 12.5 Å². The lowest BCUT2D eigenvalue weighted by atomic mass is 10.2. The Balaban J connectivity index is 2.42. The van der Waals surface area contributed by atoms with Gasteiger partial charge in [-0.05, 0) is 38.6 Å². The summed E-state index contributed by atoms with van der Waals surface area (Å²) in [6.45, 7) is 6.41. The highest BCUT2D eigenvalue weighted by Gasteiger charge is 2.05. The first-order valence-corrected chi connectivity index (χ1v) is 6.52. The summed E-state index contributed by atoms with van der Waals surface area (Å²) < 4.78 is 19.2. The zero-order chi connectivity index (χ0) is 12.8. The fourth-order valence-corrected chi connectivity index (χ4v) is 1.94. The smallest absolute Gasteiger partial charge is 0.124 e. The van der Waals surface area contributed by atoms with Gasteiger partial charge in [0.1, 0.15) is 5.82 Å². The van der Waals surface area contributed by atoms with Crippen LogP contribution in [0, 0.1) is 5.82 Å². The first-order valence-electron chi connectivity index (χ1n) is 5.73. The van der Waals surface area contributed by atoms with E-state index in [0.717, 1.165) is 23.1 Å². The predicted octanol–water partition coefficient (Wildman–Crippen LogP) is 3.45. The molecule has 0 bridgehead atoms. The van der Waals surface area contributed by atoms with Gasteiger partial charge in [-0.2, -0.15) is 0 Å². The van der Waals surface area contributed by atoms with E-state index in [0.29, 0.717) is 6.61 Å². The molecule has 0 radical (unpaired) electrons. The fraction of sp³-hybridized carbons (Fsp3) is 0.538. The molecule has 0 spiro atoms. The van der Waals surface area contributed by atoms with Crippen LogP contribution in [0.1, 0.15) is 19.4 Å². The predicted molar refractivity (Wildman–Crippen MR) is 71.5 cm³/mol. The summed E-state index contributed by atoms with van der Waals surface area (Å²) in [5.74, 6) is -0.216. The van der Waals surface area contributed by atoms with Gasteiger partial charge in [0, 0.05) is 17.6 Å². The number of nitrogens with zero attached hydrogens (tertiary/aromatic N) is 1. The molecule has 0 amide bonds. The molecular formula is C13H19BrFNO. The highest BCUT2D eigenvalue weighted by Crippen LogP contribution is 2.19. The van der Waals surface area contributed by atoms with Crippen molar-refractivity contribution in [2.24, 2.45) is 0 Å². The molecule has 0 aliphatic heterocycles. The lowest BCUT2D eigenvalue weighted by Crippen LogP contribution is -2.24. The van der Waals surface area contributed by atoms with Crippen LogP contribution in [0.15, 0.2) is 22.7 Å². The third-order valence-electron chi connectivity index (χ3n) is 2.38. The third-order valence-corrected chi connectivity index (χ3v) is 3.12. The van der Waals surface area contributed by atoms with Crippen LogP contribution in [0.4, 0.5) is 4.39 Å². The van der Waals surface area contributed by atoms with Crippen molar-refractivity contribution in [1.29, 1.82) is 0 Å². The van der Waals surface area contributed by atoms with E-state index in [1.165, 1.54) is 12.1 Å². The minimum Gasteiger partial charge on any atom is -0.377 e. The molecule has 1 aromatic rings. The second kappa shape index (κ2) is 7.09. The van der Waals surface area contributed by atoms with Gasteiger partial charge >= 0.3 is 0 Å². The molecule has 0 N–H and O–H groups in total. The zero-order valence-corrected chi connectivity index (χ0v) is 12.1. The Bertz CT molecular complexity index is 357. The lowest BCUT2D eigenvalue weighted by molar-refractivity contribution is 0.0627. The summed E-state index contributed by atoms with van der Waals surface area (Å²) in [5.41, 5.74) is 1.08. The highest BCUT2D eigenvalue weighted by atomic mass is 79.9. The number of rotatable bonds is 6. The molecule has 0 aliphatic rings. The maximum atomic E-state index is 12.9. The monoisotopic (exact) mass is 303 g/mol. The number of ether oxygens (including phenoxy) is 1. The molecule has 0 saturated heterocycles. The quantitative estimate of drug-likeness (QED) is 0.798. The van der Waals surface area contributed by atoms with E-state index in [4.69, 9.17) is 4.74 Å². The van der Waals surface area contributed by atoms with Crippen molar-refractivity contribution in [3.05, 3.63) is 34.1 Å². The van der Waals surface area contributed by atoms with Gasteiger partial charge in [0.15, 0.2) is 0 Å². The second-order valence-electron chi connectivity index (χ2n) is 4.39. The van der Waals surface area contributed by atoms with Crippen molar-refractivity contribution >= 4 is 15.9 Å². The van der Waals surface area contributed by atoms with Crippen LogP contribution in [0.2, 0.25) is 0 Å². The lowest BCUT2D eigenvalue weighted by Gasteiger charge is -2.18. The van der Waals surface area contributed by atoms with E-state index >= 15 is 0 Å². The maximum Gasteiger partial charge on any atom is 0.124 e. The second-order valence-corrected chi connectivity index (χ2v) is 5.25. The molecule has 0 atom stereocenters. The van der Waals surface area contributed by atoms with E-state index in [1.54, 1.807) is 6.07 Å². The maximum absolute atomic E-state index is 12.9. The summed E-state index contributed by atoms with van der Waals surface area (Å²) in [4.78, 5) is 2.15. The molecule has 1 aromatic carbocycles. The Labute approximate surface area is 111 Å². The van der Waals surface area contributed by atoms with Gasteiger partial charge in [-0.25, -0.2) is 4.39 Å². The fourth-order valence-electron chi connectivity index (χ4n) is 1.46. The normalized spacial score (nSPS) is 11.5. The molecule has 17 heavy (non-hydrogen) atoms. The van der Waals surface area contributed by atoms with Gasteiger partial charge in [0.2, 0.25) is 0 Å². The summed E-state index contributed by atoms with van der Waals surface area (Å²) in [6.07, 6.45) is 0.265. The van der Waals surface area contributed by atoms with Crippen LogP contribution >= 0.6 is 15.9 Å². The number of halogens is 2. The molecule has 2 nitrogen and oxygen atoms in total. The molecule has 1 rings (SSSR count). The van der Waals surface area contributed by atoms with Crippen LogP contribution in [-0.2, 0) is 11.3 Å². The third kappa shape index (κ3) is 5.61. The van der Waals surface area contributed by atoms with Gasteiger partial charge in [0.25, 0.3) is 0 Å². The Kier molecular flexibility index (Phi) is 6.09. The number of benzene rings is 1. The SMILES string of the molecule is CC(C)OCCN(C)Cc1ccc(F)cc1Br. The molecule has 4 heteroatoms. The molecule has 0 aromatic heterocycles. The number of likely N-dealkylation sites (N-methyl/N-ethyl adjacent to an activating group) is 1. The highest BCUT2D eigenvalue weighted by molar-refractivity contribution is 9.10. The summed E-state index contributed by atoms with van der Waals surface area (Å²) in [5, 5.41) is 0. The molecule has 0 unspecified atom stereocenters. The van der Waals surface area contributed by atoms with E-state index in [2.05, 4.69) is 20.8 Å². The van der Waals surface area contributed by atoms with Crippen molar-refractivity contribution in [2.75, 3.05) is 20.2 Å². The van der Waals surface area contributed by atoms with E-state index < -0.39 is 0 Å². The Hall–Kier alpha value is -0.450. The summed E-state index contributed by atoms with van der Waals surface area (Å²) in [6, 6.07) is 4.78. The van der Waals surface area contributed by atoms with Crippen LogP contribution in [0.3, 0.4) is 0 Å². The van der Waals surface area contributed by atoms with Crippen molar-refractivity contribution in [1.82, 2.24) is 4.90 Å². The Morgan fingerprint density at radius 2 is 2.12 bits per heavy atom. The molecular weight excluding hydrogens is 285 g/mol. The Morgan fingerprint density at radius 3 is 2.71 bits per heavy atom. The molecule has 0 saturated carbocycles. The zero-order valence-electron chi connectivity index (χ0n) is 10.5. The summed E-state index contributed by atoms with van der Waals surface area (Å²) >= 11 is 3.37. The van der Waals surface area contributed by atoms with Gasteiger partial charge < -0.3 is 4.74 Å². The molecule has 0 aliphatic carbocycles. The van der Waals surface area contributed by atoms with E-state index in [-0.39, 0.29) is 11.9 Å². The van der Waals surface area contributed by atoms with Gasteiger partial charge in [0.05, 0.1) is 12.7 Å². The molecule has 0 heterocycles. The van der Waals surface area contributed by atoms with E-state index in [9.17, 15) is 4.39 Å². The molecule has 96 valence electrons. The minimum absolute atomic E-state index is 0.216.